The van der Waals surface area contributed by atoms with E-state index < -0.39 is 30.0 Å². The van der Waals surface area contributed by atoms with Crippen LogP contribution in [0.2, 0.25) is 0 Å². The zero-order valence-electron chi connectivity index (χ0n) is 22.1. The summed E-state index contributed by atoms with van der Waals surface area (Å²) < 4.78 is 65.1. The molecule has 0 radical (unpaired) electrons. The fraction of sp³-hybridized carbons (Fsp3) is 0.0476. The largest absolute Gasteiger partial charge is 1.00 e. The van der Waals surface area contributed by atoms with Gasteiger partial charge in [0.25, 0.3) is 20.2 Å². The van der Waals surface area contributed by atoms with Gasteiger partial charge in [-0.05, 0) is 53.6 Å². The van der Waals surface area contributed by atoms with E-state index in [0.29, 0.717) is 11.1 Å². The number of rotatable bonds is 4. The molecule has 0 fully saturated rings. The van der Waals surface area contributed by atoms with Crippen LogP contribution in [0, 0.1) is 6.92 Å². The molecular weight excluding hydrogens is 509 g/mol. The standard InChI is InChI=1S/C21H16N2O6S2.3Na.3H/c1-13-6-9-20(19-5-3-2-4-17(13)19)22-23-21-12-16(31(27,28)29)11-14-10-15(30(24,25)26)7-8-18(14)21;;;;;;/h2-12H,1H3,(H,24,25,26)(H,27,28,29);;;;;;/q;3*+1;3*-1. The van der Waals surface area contributed by atoms with Crippen molar-refractivity contribution >= 4 is 53.2 Å². The van der Waals surface area contributed by atoms with Crippen LogP contribution < -0.4 is 88.7 Å². The average molecular weight is 528 g/mol. The molecule has 0 spiro atoms. The van der Waals surface area contributed by atoms with Crippen LogP contribution >= 0.6 is 0 Å². The summed E-state index contributed by atoms with van der Waals surface area (Å²) in [6.45, 7) is 1.97. The Morgan fingerprint density at radius 1 is 0.647 bits per heavy atom. The van der Waals surface area contributed by atoms with Crippen LogP contribution in [0.4, 0.5) is 11.4 Å². The quantitative estimate of drug-likeness (QED) is 0.161. The maximum absolute atomic E-state index is 11.7. The molecule has 0 amide bonds. The summed E-state index contributed by atoms with van der Waals surface area (Å²) in [4.78, 5) is -0.893. The van der Waals surface area contributed by atoms with Crippen molar-refractivity contribution in [3.05, 3.63) is 72.3 Å². The van der Waals surface area contributed by atoms with Crippen molar-refractivity contribution in [3.63, 3.8) is 0 Å². The van der Waals surface area contributed by atoms with Gasteiger partial charge in [-0.1, -0.05) is 36.4 Å². The van der Waals surface area contributed by atoms with Crippen molar-refractivity contribution in [2.75, 3.05) is 0 Å². The molecule has 0 aliphatic carbocycles. The molecule has 0 atom stereocenters. The smallest absolute Gasteiger partial charge is 1.00 e. The van der Waals surface area contributed by atoms with Gasteiger partial charge >= 0.3 is 88.7 Å². The predicted molar refractivity (Wildman–Crippen MR) is 120 cm³/mol. The van der Waals surface area contributed by atoms with Crippen LogP contribution in [0.15, 0.2) is 86.7 Å². The minimum absolute atomic E-state index is 0. The van der Waals surface area contributed by atoms with Crippen LogP contribution in [-0.4, -0.2) is 25.9 Å². The molecular formula is C21H19N2Na3O6S2. The third-order valence-electron chi connectivity index (χ3n) is 4.86. The van der Waals surface area contributed by atoms with Crippen LogP contribution in [0.3, 0.4) is 0 Å². The molecule has 0 aliphatic rings. The molecule has 0 aliphatic heterocycles. The number of benzene rings is 4. The fourth-order valence-corrected chi connectivity index (χ4v) is 4.37. The second kappa shape index (κ2) is 12.4. The van der Waals surface area contributed by atoms with Gasteiger partial charge in [0.2, 0.25) is 0 Å². The molecule has 4 aromatic carbocycles. The third kappa shape index (κ3) is 6.98. The molecule has 0 heterocycles. The number of fused-ring (bicyclic) bond motifs is 2. The molecule has 13 heteroatoms. The second-order valence-corrected chi connectivity index (χ2v) is 9.77. The Hall–Kier alpha value is -0.180. The maximum Gasteiger partial charge on any atom is 1.00 e. The van der Waals surface area contributed by atoms with Crippen molar-refractivity contribution < 1.29 is 119 Å². The van der Waals surface area contributed by atoms with Crippen molar-refractivity contribution in [1.29, 1.82) is 0 Å². The molecule has 0 unspecified atom stereocenters. The fourth-order valence-electron chi connectivity index (χ4n) is 3.32. The van der Waals surface area contributed by atoms with E-state index in [1.165, 1.54) is 12.1 Å². The molecule has 4 aromatic rings. The minimum Gasteiger partial charge on any atom is -1.00 e. The van der Waals surface area contributed by atoms with E-state index in [2.05, 4.69) is 10.2 Å². The van der Waals surface area contributed by atoms with Gasteiger partial charge in [-0.2, -0.15) is 16.8 Å². The van der Waals surface area contributed by atoms with Gasteiger partial charge in [-0.3, -0.25) is 9.11 Å². The van der Waals surface area contributed by atoms with Gasteiger partial charge in [0, 0.05) is 10.8 Å². The SMILES string of the molecule is Cc1ccc(N=Nc2cc(S(=O)(=O)O)cc3cc(S(=O)(=O)O)ccc23)c2ccccc12.[H-].[H-].[H-].[Na+].[Na+].[Na+]. The predicted octanol–water partition coefficient (Wildman–Crippen LogP) is -3.44. The van der Waals surface area contributed by atoms with E-state index in [4.69, 9.17) is 0 Å². The van der Waals surface area contributed by atoms with Crippen LogP contribution in [-0.2, 0) is 20.2 Å². The first-order valence-electron chi connectivity index (χ1n) is 8.97. The Bertz CT molecular complexity index is 1620. The molecule has 34 heavy (non-hydrogen) atoms. The van der Waals surface area contributed by atoms with Gasteiger partial charge in [0.05, 0.1) is 21.2 Å². The van der Waals surface area contributed by atoms with E-state index in [9.17, 15) is 25.9 Å². The van der Waals surface area contributed by atoms with Crippen molar-refractivity contribution in [3.8, 4) is 0 Å². The van der Waals surface area contributed by atoms with E-state index >= 15 is 0 Å². The van der Waals surface area contributed by atoms with Crippen molar-refractivity contribution in [1.82, 2.24) is 0 Å². The Labute approximate surface area is 268 Å². The average Bonchev–Trinajstić information content (AvgIpc) is 2.71. The van der Waals surface area contributed by atoms with Crippen molar-refractivity contribution in [2.45, 2.75) is 16.7 Å². The summed E-state index contributed by atoms with van der Waals surface area (Å²) in [6.07, 6.45) is 0. The Morgan fingerprint density at radius 2 is 1.21 bits per heavy atom. The Balaban J connectivity index is -0.00000193. The normalized spacial score (nSPS) is 11.6. The maximum atomic E-state index is 11.7. The summed E-state index contributed by atoms with van der Waals surface area (Å²) in [6, 6.07) is 17.2. The van der Waals surface area contributed by atoms with Gasteiger partial charge in [0.1, 0.15) is 0 Å². The molecule has 2 N–H and O–H groups in total. The first kappa shape index (κ1) is 31.8. The van der Waals surface area contributed by atoms with Crippen LogP contribution in [0.1, 0.15) is 9.84 Å². The molecule has 8 nitrogen and oxygen atoms in total. The summed E-state index contributed by atoms with van der Waals surface area (Å²) >= 11 is 0. The first-order valence-corrected chi connectivity index (χ1v) is 11.8. The number of aryl methyl sites for hydroxylation is 1. The number of azo groups is 1. The number of nitrogens with zero attached hydrogens (tertiary/aromatic N) is 2. The minimum atomic E-state index is -4.60. The van der Waals surface area contributed by atoms with E-state index in [-0.39, 0.29) is 104 Å². The second-order valence-electron chi connectivity index (χ2n) is 6.92. The van der Waals surface area contributed by atoms with Crippen molar-refractivity contribution in [2.24, 2.45) is 10.2 Å². The molecule has 4 rings (SSSR count). The van der Waals surface area contributed by atoms with E-state index in [0.717, 1.165) is 34.5 Å². The molecule has 0 saturated carbocycles. The summed E-state index contributed by atoms with van der Waals surface area (Å²) in [5.41, 5.74) is 1.73. The summed E-state index contributed by atoms with van der Waals surface area (Å²) in [5, 5.41) is 10.8. The van der Waals surface area contributed by atoms with E-state index in [1.807, 2.05) is 37.3 Å². The molecule has 0 saturated heterocycles. The van der Waals surface area contributed by atoms with Crippen LogP contribution in [0.5, 0.6) is 0 Å². The molecule has 0 aromatic heterocycles. The topological polar surface area (TPSA) is 133 Å². The Morgan fingerprint density at radius 3 is 1.82 bits per heavy atom. The first-order chi connectivity index (χ1) is 14.5. The van der Waals surface area contributed by atoms with E-state index in [1.54, 1.807) is 6.07 Å². The number of hydrogen-bond acceptors (Lipinski definition) is 6. The van der Waals surface area contributed by atoms with Gasteiger partial charge in [-0.15, -0.1) is 10.2 Å². The Kier molecular flexibility index (Phi) is 11.6. The monoisotopic (exact) mass is 528 g/mol. The molecule has 0 bridgehead atoms. The van der Waals surface area contributed by atoms with Gasteiger partial charge < -0.3 is 4.28 Å². The van der Waals surface area contributed by atoms with Crippen LogP contribution in [0.25, 0.3) is 21.5 Å². The summed E-state index contributed by atoms with van der Waals surface area (Å²) in [7, 11) is -9.11. The summed E-state index contributed by atoms with van der Waals surface area (Å²) in [5.74, 6) is 0. The zero-order chi connectivity index (χ0) is 22.4. The number of hydrogen-bond donors (Lipinski definition) is 2. The zero-order valence-corrected chi connectivity index (χ0v) is 26.7. The third-order valence-corrected chi connectivity index (χ3v) is 6.54. The molecule has 164 valence electrons. The van der Waals surface area contributed by atoms with Gasteiger partial charge in [-0.25, -0.2) is 0 Å². The van der Waals surface area contributed by atoms with Gasteiger partial charge in [0.15, 0.2) is 0 Å².